The number of carbonyl (C=O) groups excluding carboxylic acids is 1. The standard InChI is InChI=1S/C23H31NO5S/c1-14(2)20(19(23(26)29-6)21(25)18-10-8-7-9-11-18)24-30(27,28)22-16(4)12-15(3)13-17(22)5/h7-14,19-21,24-25H,1-6H3/t19-,20+,21-/m1/s1. The van der Waals surface area contributed by atoms with Gasteiger partial charge in [0, 0.05) is 6.04 Å². The lowest BCUT2D eigenvalue weighted by Crippen LogP contribution is -2.49. The summed E-state index contributed by atoms with van der Waals surface area (Å²) < 4.78 is 34.3. The molecule has 0 spiro atoms. The first-order valence-electron chi connectivity index (χ1n) is 9.90. The lowest BCUT2D eigenvalue weighted by atomic mass is 9.84. The Bertz CT molecular complexity index is 963. The fraction of sp³-hybridized carbons (Fsp3) is 0.435. The molecule has 0 aliphatic rings. The molecule has 6 nitrogen and oxygen atoms in total. The van der Waals surface area contributed by atoms with E-state index in [1.54, 1.807) is 58.0 Å². The van der Waals surface area contributed by atoms with Gasteiger partial charge in [-0.15, -0.1) is 0 Å². The number of hydrogen-bond donors (Lipinski definition) is 2. The van der Waals surface area contributed by atoms with Crippen LogP contribution in [0.3, 0.4) is 0 Å². The number of ether oxygens (including phenoxy) is 1. The van der Waals surface area contributed by atoms with Crippen LogP contribution in [0.25, 0.3) is 0 Å². The Hall–Kier alpha value is -2.22. The minimum Gasteiger partial charge on any atom is -0.469 e. The van der Waals surface area contributed by atoms with Gasteiger partial charge >= 0.3 is 5.97 Å². The Balaban J connectivity index is 2.51. The van der Waals surface area contributed by atoms with Crippen molar-refractivity contribution < 1.29 is 23.1 Å². The van der Waals surface area contributed by atoms with Gasteiger partial charge in [-0.05, 0) is 43.4 Å². The number of esters is 1. The molecule has 0 amide bonds. The number of nitrogens with one attached hydrogen (secondary N) is 1. The van der Waals surface area contributed by atoms with E-state index in [-0.39, 0.29) is 10.8 Å². The number of aliphatic hydroxyl groups is 1. The summed E-state index contributed by atoms with van der Waals surface area (Å²) in [5.41, 5.74) is 2.73. The van der Waals surface area contributed by atoms with Gasteiger partial charge in [-0.3, -0.25) is 4.79 Å². The maximum absolute atomic E-state index is 13.3. The number of sulfonamides is 1. The lowest BCUT2D eigenvalue weighted by Gasteiger charge is -2.32. The fourth-order valence-corrected chi connectivity index (χ4v) is 5.78. The van der Waals surface area contributed by atoms with Crippen molar-refractivity contribution in [2.75, 3.05) is 7.11 Å². The van der Waals surface area contributed by atoms with Crippen molar-refractivity contribution in [3.8, 4) is 0 Å². The van der Waals surface area contributed by atoms with Crippen molar-refractivity contribution in [1.82, 2.24) is 4.72 Å². The van der Waals surface area contributed by atoms with E-state index in [0.717, 1.165) is 5.56 Å². The highest BCUT2D eigenvalue weighted by atomic mass is 32.2. The topological polar surface area (TPSA) is 92.7 Å². The summed E-state index contributed by atoms with van der Waals surface area (Å²) in [7, 11) is -2.72. The summed E-state index contributed by atoms with van der Waals surface area (Å²) in [5.74, 6) is -2.07. The minimum atomic E-state index is -3.95. The highest BCUT2D eigenvalue weighted by molar-refractivity contribution is 7.89. The first-order valence-corrected chi connectivity index (χ1v) is 11.4. The molecule has 0 aliphatic heterocycles. The zero-order valence-corrected chi connectivity index (χ0v) is 19.2. The van der Waals surface area contributed by atoms with Crippen LogP contribution >= 0.6 is 0 Å². The maximum atomic E-state index is 13.3. The van der Waals surface area contributed by atoms with Crippen LogP contribution in [-0.2, 0) is 19.6 Å². The molecule has 7 heteroatoms. The summed E-state index contributed by atoms with van der Waals surface area (Å²) in [6.45, 7) is 9.00. The van der Waals surface area contributed by atoms with Crippen LogP contribution < -0.4 is 4.72 Å². The molecule has 0 saturated heterocycles. The third-order valence-electron chi connectivity index (χ3n) is 5.22. The minimum absolute atomic E-state index is 0.191. The Labute approximate surface area is 179 Å². The van der Waals surface area contributed by atoms with E-state index < -0.39 is 34.1 Å². The van der Waals surface area contributed by atoms with Crippen molar-refractivity contribution in [2.45, 2.75) is 51.7 Å². The SMILES string of the molecule is COC(=O)[C@@H]([C@H](O)c1ccccc1)[C@@H](NS(=O)(=O)c1c(C)cc(C)cc1C)C(C)C. The predicted octanol–water partition coefficient (Wildman–Crippen LogP) is 3.44. The van der Waals surface area contributed by atoms with Gasteiger partial charge in [0.2, 0.25) is 10.0 Å². The molecule has 2 N–H and O–H groups in total. The largest absolute Gasteiger partial charge is 0.469 e. The average molecular weight is 434 g/mol. The van der Waals surface area contributed by atoms with Crippen LogP contribution in [0.1, 0.15) is 42.2 Å². The number of methoxy groups -OCH3 is 1. The molecule has 0 aliphatic carbocycles. The van der Waals surface area contributed by atoms with Gasteiger partial charge in [-0.25, -0.2) is 13.1 Å². The normalized spacial score (nSPS) is 14.9. The zero-order valence-electron chi connectivity index (χ0n) is 18.3. The van der Waals surface area contributed by atoms with E-state index in [4.69, 9.17) is 4.74 Å². The van der Waals surface area contributed by atoms with Crippen LogP contribution in [0.5, 0.6) is 0 Å². The molecule has 164 valence electrons. The van der Waals surface area contributed by atoms with Gasteiger partial charge in [0.05, 0.1) is 18.1 Å². The predicted molar refractivity (Wildman–Crippen MR) is 117 cm³/mol. The lowest BCUT2D eigenvalue weighted by molar-refractivity contribution is -0.151. The molecular formula is C23H31NO5S. The van der Waals surface area contributed by atoms with Crippen molar-refractivity contribution >= 4 is 16.0 Å². The first-order chi connectivity index (χ1) is 14.0. The second kappa shape index (κ2) is 9.73. The number of hydrogen-bond acceptors (Lipinski definition) is 5. The average Bonchev–Trinajstić information content (AvgIpc) is 2.66. The molecule has 0 unspecified atom stereocenters. The fourth-order valence-electron chi connectivity index (χ4n) is 3.92. The van der Waals surface area contributed by atoms with Crippen LogP contribution in [0.4, 0.5) is 0 Å². The summed E-state index contributed by atoms with van der Waals surface area (Å²) in [5, 5.41) is 11.0. The van der Waals surface area contributed by atoms with Crippen LogP contribution in [0, 0.1) is 32.6 Å². The monoisotopic (exact) mass is 433 g/mol. The van der Waals surface area contributed by atoms with E-state index in [1.165, 1.54) is 7.11 Å². The molecule has 2 rings (SSSR count). The Morgan fingerprint density at radius 3 is 2.03 bits per heavy atom. The van der Waals surface area contributed by atoms with E-state index in [2.05, 4.69) is 4.72 Å². The van der Waals surface area contributed by atoms with Crippen LogP contribution in [-0.4, -0.2) is 32.6 Å². The van der Waals surface area contributed by atoms with Crippen molar-refractivity contribution in [1.29, 1.82) is 0 Å². The number of aryl methyl sites for hydroxylation is 3. The number of carbonyl (C=O) groups is 1. The van der Waals surface area contributed by atoms with Crippen LogP contribution in [0.15, 0.2) is 47.4 Å². The Kier molecular flexibility index (Phi) is 7.80. The van der Waals surface area contributed by atoms with Crippen LogP contribution in [0.2, 0.25) is 0 Å². The molecule has 30 heavy (non-hydrogen) atoms. The molecule has 0 fully saturated rings. The molecule has 0 bridgehead atoms. The van der Waals surface area contributed by atoms with E-state index in [0.29, 0.717) is 16.7 Å². The van der Waals surface area contributed by atoms with Gasteiger partial charge in [0.15, 0.2) is 0 Å². The van der Waals surface area contributed by atoms with Gasteiger partial charge in [0.25, 0.3) is 0 Å². The van der Waals surface area contributed by atoms with E-state index in [1.807, 2.05) is 19.1 Å². The summed E-state index contributed by atoms with van der Waals surface area (Å²) in [6, 6.07) is 11.4. The second-order valence-corrected chi connectivity index (χ2v) is 9.67. The van der Waals surface area contributed by atoms with E-state index in [9.17, 15) is 18.3 Å². The number of rotatable bonds is 8. The van der Waals surface area contributed by atoms with Gasteiger partial charge in [-0.2, -0.15) is 0 Å². The Morgan fingerprint density at radius 2 is 1.57 bits per heavy atom. The van der Waals surface area contributed by atoms with Gasteiger partial charge < -0.3 is 9.84 Å². The molecule has 0 aromatic heterocycles. The van der Waals surface area contributed by atoms with Crippen molar-refractivity contribution in [2.24, 2.45) is 11.8 Å². The maximum Gasteiger partial charge on any atom is 0.313 e. The van der Waals surface area contributed by atoms with Crippen molar-refractivity contribution in [3.05, 3.63) is 64.7 Å². The van der Waals surface area contributed by atoms with Gasteiger partial charge in [0.1, 0.15) is 5.92 Å². The molecular weight excluding hydrogens is 402 g/mol. The number of benzene rings is 2. The van der Waals surface area contributed by atoms with Gasteiger partial charge in [-0.1, -0.05) is 61.9 Å². The molecule has 2 aromatic rings. The summed E-state index contributed by atoms with van der Waals surface area (Å²) in [6.07, 6.45) is -1.23. The zero-order chi connectivity index (χ0) is 22.6. The Morgan fingerprint density at radius 1 is 1.03 bits per heavy atom. The molecule has 3 atom stereocenters. The third-order valence-corrected chi connectivity index (χ3v) is 6.99. The number of aliphatic hydroxyl groups excluding tert-OH is 1. The quantitative estimate of drug-likeness (QED) is 0.622. The highest BCUT2D eigenvalue weighted by Crippen LogP contribution is 2.31. The molecule has 0 heterocycles. The summed E-state index contributed by atoms with van der Waals surface area (Å²) >= 11 is 0. The highest BCUT2D eigenvalue weighted by Gasteiger charge is 2.40. The molecule has 0 radical (unpaired) electrons. The van der Waals surface area contributed by atoms with Crippen molar-refractivity contribution in [3.63, 3.8) is 0 Å². The molecule has 0 saturated carbocycles. The van der Waals surface area contributed by atoms with E-state index >= 15 is 0 Å². The first kappa shape index (κ1) is 24.1. The molecule has 2 aromatic carbocycles. The summed E-state index contributed by atoms with van der Waals surface area (Å²) in [4.78, 5) is 12.8. The third kappa shape index (κ3) is 5.28. The second-order valence-electron chi connectivity index (χ2n) is 8.02. The smallest absolute Gasteiger partial charge is 0.313 e.